The number of halogens is 1. The van der Waals surface area contributed by atoms with Crippen molar-refractivity contribution in [2.75, 3.05) is 6.54 Å². The number of hydrogen-bond acceptors (Lipinski definition) is 4. The second-order valence-electron chi connectivity index (χ2n) is 6.61. The lowest BCUT2D eigenvalue weighted by Gasteiger charge is -2.41. The van der Waals surface area contributed by atoms with Crippen LogP contribution < -0.4 is 5.32 Å². The number of oxazole rings is 1. The molecule has 1 fully saturated rings. The molecule has 2 heterocycles. The molecule has 2 atom stereocenters. The summed E-state index contributed by atoms with van der Waals surface area (Å²) >= 11 is 0. The highest BCUT2D eigenvalue weighted by molar-refractivity contribution is 5.93. The molecule has 26 heavy (non-hydrogen) atoms. The van der Waals surface area contributed by atoms with Gasteiger partial charge in [-0.05, 0) is 43.9 Å². The first-order valence-electron chi connectivity index (χ1n) is 8.68. The predicted molar refractivity (Wildman–Crippen MR) is 93.0 cm³/mol. The van der Waals surface area contributed by atoms with Crippen molar-refractivity contribution >= 4 is 11.8 Å². The van der Waals surface area contributed by atoms with Crippen LogP contribution in [0.5, 0.6) is 0 Å². The number of benzene rings is 1. The Bertz CT molecular complexity index is 805. The van der Waals surface area contributed by atoms with Crippen molar-refractivity contribution < 1.29 is 18.4 Å². The van der Waals surface area contributed by atoms with Crippen molar-refractivity contribution in [2.45, 2.75) is 45.2 Å². The van der Waals surface area contributed by atoms with Crippen molar-refractivity contribution in [3.63, 3.8) is 0 Å². The molecule has 2 amide bonds. The molecule has 1 aliphatic heterocycles. The first kappa shape index (κ1) is 18.1. The van der Waals surface area contributed by atoms with Gasteiger partial charge < -0.3 is 14.6 Å². The minimum absolute atomic E-state index is 0.147. The fourth-order valence-electron chi connectivity index (χ4n) is 3.54. The largest absolute Gasteiger partial charge is 0.448 e. The van der Waals surface area contributed by atoms with Gasteiger partial charge in [0.05, 0.1) is 6.04 Å². The molecule has 3 rings (SSSR count). The van der Waals surface area contributed by atoms with Crippen molar-refractivity contribution in [2.24, 2.45) is 0 Å². The van der Waals surface area contributed by atoms with Crippen LogP contribution in [0.3, 0.4) is 0 Å². The normalized spacial score (nSPS) is 20.0. The van der Waals surface area contributed by atoms with E-state index in [1.807, 2.05) is 6.07 Å². The van der Waals surface area contributed by atoms with E-state index in [-0.39, 0.29) is 35.4 Å². The number of rotatable bonds is 4. The van der Waals surface area contributed by atoms with E-state index in [1.165, 1.54) is 25.5 Å². The lowest BCUT2D eigenvalue weighted by molar-refractivity contribution is -0.120. The Labute approximate surface area is 151 Å². The van der Waals surface area contributed by atoms with E-state index in [0.717, 1.165) is 18.4 Å². The van der Waals surface area contributed by atoms with Gasteiger partial charge in [0, 0.05) is 19.5 Å². The topological polar surface area (TPSA) is 75.4 Å². The highest BCUT2D eigenvalue weighted by atomic mass is 19.1. The number of likely N-dealkylation sites (tertiary alicyclic amines) is 1. The fourth-order valence-corrected chi connectivity index (χ4v) is 3.54. The van der Waals surface area contributed by atoms with Gasteiger partial charge in [0.25, 0.3) is 5.91 Å². The lowest BCUT2D eigenvalue weighted by atomic mass is 9.90. The molecule has 6 nitrogen and oxygen atoms in total. The van der Waals surface area contributed by atoms with Crippen LogP contribution in [-0.4, -0.2) is 40.3 Å². The third kappa shape index (κ3) is 3.92. The molecule has 1 saturated heterocycles. The summed E-state index contributed by atoms with van der Waals surface area (Å²) in [4.78, 5) is 30.4. The highest BCUT2D eigenvalue weighted by Gasteiger charge is 2.36. The number of carbonyl (C=O) groups excluding carboxylic acids is 2. The minimum atomic E-state index is -0.320. The Morgan fingerprint density at radius 1 is 1.42 bits per heavy atom. The smallest absolute Gasteiger partial charge is 0.276 e. The van der Waals surface area contributed by atoms with Crippen LogP contribution in [0.15, 0.2) is 35.1 Å². The van der Waals surface area contributed by atoms with Crippen molar-refractivity contribution in [1.82, 2.24) is 15.2 Å². The van der Waals surface area contributed by atoms with E-state index in [0.29, 0.717) is 18.7 Å². The second kappa shape index (κ2) is 7.68. The van der Waals surface area contributed by atoms with E-state index >= 15 is 0 Å². The maximum absolute atomic E-state index is 13.6. The van der Waals surface area contributed by atoms with Crippen molar-refractivity contribution in [3.05, 3.63) is 53.5 Å². The molecule has 0 radical (unpaired) electrons. The summed E-state index contributed by atoms with van der Waals surface area (Å²) in [6.07, 6.45) is 3.24. The molecule has 7 heteroatoms. The average molecular weight is 359 g/mol. The number of hydrogen-bond donors (Lipinski definition) is 1. The summed E-state index contributed by atoms with van der Waals surface area (Å²) in [6.45, 7) is 3.71. The molecular formula is C19H22FN3O3. The Balaban J connectivity index is 1.90. The van der Waals surface area contributed by atoms with E-state index < -0.39 is 0 Å². The molecule has 0 unspecified atom stereocenters. The molecule has 0 bridgehead atoms. The van der Waals surface area contributed by atoms with Crippen LogP contribution in [0.2, 0.25) is 0 Å². The van der Waals surface area contributed by atoms with Crippen LogP contribution >= 0.6 is 0 Å². The first-order chi connectivity index (χ1) is 12.5. The van der Waals surface area contributed by atoms with Crippen molar-refractivity contribution in [1.29, 1.82) is 0 Å². The van der Waals surface area contributed by atoms with Gasteiger partial charge in [-0.1, -0.05) is 12.1 Å². The molecule has 1 aromatic carbocycles. The van der Waals surface area contributed by atoms with E-state index in [2.05, 4.69) is 10.3 Å². The molecule has 0 spiro atoms. The molecular weight excluding hydrogens is 337 g/mol. The zero-order valence-corrected chi connectivity index (χ0v) is 14.9. The van der Waals surface area contributed by atoms with Gasteiger partial charge in [0.15, 0.2) is 12.1 Å². The number of aryl methyl sites for hydroxylation is 1. The van der Waals surface area contributed by atoms with Crippen molar-refractivity contribution in [3.8, 4) is 0 Å². The van der Waals surface area contributed by atoms with Gasteiger partial charge in [0.1, 0.15) is 11.6 Å². The standard InChI is InChI=1S/C19H22FN3O3/c1-12-18(21-11-26-12)19(25)23-8-4-7-16(22-13(2)24)17(23)10-14-5-3-6-15(20)9-14/h3,5-6,9,11,16-17H,4,7-8,10H2,1-2H3,(H,22,24)/t16-,17-/m0/s1. The monoisotopic (exact) mass is 359 g/mol. The zero-order chi connectivity index (χ0) is 18.7. The van der Waals surface area contributed by atoms with Crippen LogP contribution in [0.1, 0.15) is 41.6 Å². The minimum Gasteiger partial charge on any atom is -0.448 e. The third-order valence-electron chi connectivity index (χ3n) is 4.71. The number of carbonyl (C=O) groups is 2. The van der Waals surface area contributed by atoms with Gasteiger partial charge in [0.2, 0.25) is 5.91 Å². The number of amides is 2. The lowest BCUT2D eigenvalue weighted by Crippen LogP contribution is -2.57. The fraction of sp³-hybridized carbons (Fsp3) is 0.421. The van der Waals surface area contributed by atoms with Crippen LogP contribution in [0.4, 0.5) is 4.39 Å². The third-order valence-corrected chi connectivity index (χ3v) is 4.71. The van der Waals surface area contributed by atoms with E-state index in [4.69, 9.17) is 4.42 Å². The number of piperidine rings is 1. The quantitative estimate of drug-likeness (QED) is 0.910. The Kier molecular flexibility index (Phi) is 5.35. The molecule has 0 saturated carbocycles. The summed E-state index contributed by atoms with van der Waals surface area (Å²) in [7, 11) is 0. The number of nitrogens with zero attached hydrogens (tertiary/aromatic N) is 2. The summed E-state index contributed by atoms with van der Waals surface area (Å²) in [5, 5.41) is 2.94. The van der Waals surface area contributed by atoms with Crippen LogP contribution in [-0.2, 0) is 11.2 Å². The van der Waals surface area contributed by atoms with Crippen LogP contribution in [0.25, 0.3) is 0 Å². The maximum atomic E-state index is 13.6. The van der Waals surface area contributed by atoms with E-state index in [1.54, 1.807) is 17.9 Å². The first-order valence-corrected chi connectivity index (χ1v) is 8.68. The Morgan fingerprint density at radius 2 is 2.23 bits per heavy atom. The van der Waals surface area contributed by atoms with Gasteiger partial charge in [-0.15, -0.1) is 0 Å². The van der Waals surface area contributed by atoms with Crippen LogP contribution in [0, 0.1) is 12.7 Å². The average Bonchev–Trinajstić information content (AvgIpc) is 3.01. The molecule has 1 aliphatic rings. The zero-order valence-electron chi connectivity index (χ0n) is 14.9. The Morgan fingerprint density at radius 3 is 2.88 bits per heavy atom. The van der Waals surface area contributed by atoms with Gasteiger partial charge in [-0.3, -0.25) is 9.59 Å². The van der Waals surface area contributed by atoms with Gasteiger partial charge in [-0.25, -0.2) is 9.37 Å². The predicted octanol–water partition coefficient (Wildman–Crippen LogP) is 2.47. The number of nitrogens with one attached hydrogen (secondary N) is 1. The SMILES string of the molecule is CC(=O)N[C@H]1CCCN(C(=O)c2ncoc2C)[C@H]1Cc1cccc(F)c1. The molecule has 138 valence electrons. The second-order valence-corrected chi connectivity index (χ2v) is 6.61. The Hall–Kier alpha value is -2.70. The molecule has 1 N–H and O–H groups in total. The van der Waals surface area contributed by atoms with E-state index in [9.17, 15) is 14.0 Å². The summed E-state index contributed by atoms with van der Waals surface area (Å²) in [5.41, 5.74) is 1.06. The summed E-state index contributed by atoms with van der Waals surface area (Å²) < 4.78 is 18.7. The van der Waals surface area contributed by atoms with Gasteiger partial charge in [-0.2, -0.15) is 0 Å². The van der Waals surface area contributed by atoms with Gasteiger partial charge >= 0.3 is 0 Å². The maximum Gasteiger partial charge on any atom is 0.276 e. The highest BCUT2D eigenvalue weighted by Crippen LogP contribution is 2.24. The summed E-state index contributed by atoms with van der Waals surface area (Å²) in [6, 6.07) is 5.85. The number of aromatic nitrogens is 1. The molecule has 0 aliphatic carbocycles. The molecule has 1 aromatic heterocycles. The summed E-state index contributed by atoms with van der Waals surface area (Å²) in [5.74, 6) is -0.236. The molecule has 2 aromatic rings.